The Morgan fingerprint density at radius 3 is 2.80 bits per heavy atom. The standard InChI is InChI=1S/C18H16FN3O3/c19-14-7-5-12(6-8-14)16-20-21-17(25-16)13-3-1-9-22(11-13)18(23)15-4-2-10-24-15/h2,4-8,10,13H,1,3,9,11H2/t13-/m1/s1. The van der Waals surface area contributed by atoms with Crippen LogP contribution in [0.15, 0.2) is 51.5 Å². The zero-order valence-electron chi connectivity index (χ0n) is 13.4. The van der Waals surface area contributed by atoms with Gasteiger partial charge in [0, 0.05) is 18.7 Å². The van der Waals surface area contributed by atoms with Gasteiger partial charge in [0.25, 0.3) is 5.91 Å². The van der Waals surface area contributed by atoms with E-state index in [0.717, 1.165) is 12.8 Å². The van der Waals surface area contributed by atoms with Crippen LogP contribution < -0.4 is 0 Å². The van der Waals surface area contributed by atoms with Crippen LogP contribution in [-0.4, -0.2) is 34.1 Å². The van der Waals surface area contributed by atoms with Crippen molar-refractivity contribution in [2.24, 2.45) is 0 Å². The number of carbonyl (C=O) groups is 1. The number of halogens is 1. The topological polar surface area (TPSA) is 72.4 Å². The van der Waals surface area contributed by atoms with Crippen molar-refractivity contribution in [2.75, 3.05) is 13.1 Å². The molecule has 2 aromatic heterocycles. The smallest absolute Gasteiger partial charge is 0.289 e. The second-order valence-electron chi connectivity index (χ2n) is 6.02. The number of benzene rings is 1. The number of aromatic nitrogens is 2. The Kier molecular flexibility index (Phi) is 4.05. The van der Waals surface area contributed by atoms with Crippen molar-refractivity contribution < 1.29 is 18.0 Å². The first-order valence-electron chi connectivity index (χ1n) is 8.13. The summed E-state index contributed by atoms with van der Waals surface area (Å²) < 4.78 is 24.0. The minimum absolute atomic E-state index is 0.0191. The lowest BCUT2D eigenvalue weighted by atomic mass is 9.98. The van der Waals surface area contributed by atoms with Gasteiger partial charge in [0.05, 0.1) is 12.2 Å². The van der Waals surface area contributed by atoms with Crippen LogP contribution in [0.3, 0.4) is 0 Å². The number of rotatable bonds is 3. The first-order chi connectivity index (χ1) is 12.2. The van der Waals surface area contributed by atoms with E-state index in [4.69, 9.17) is 8.83 Å². The Balaban J connectivity index is 1.50. The minimum Gasteiger partial charge on any atom is -0.459 e. The van der Waals surface area contributed by atoms with Gasteiger partial charge in [0.1, 0.15) is 5.82 Å². The lowest BCUT2D eigenvalue weighted by molar-refractivity contribution is 0.0666. The molecule has 3 aromatic rings. The molecule has 0 N–H and O–H groups in total. The Morgan fingerprint density at radius 1 is 1.20 bits per heavy atom. The normalized spacial score (nSPS) is 17.6. The van der Waals surface area contributed by atoms with Crippen molar-refractivity contribution in [2.45, 2.75) is 18.8 Å². The van der Waals surface area contributed by atoms with Crippen molar-refractivity contribution in [3.8, 4) is 11.5 Å². The van der Waals surface area contributed by atoms with Gasteiger partial charge in [-0.25, -0.2) is 4.39 Å². The number of furan rings is 1. The zero-order valence-corrected chi connectivity index (χ0v) is 13.4. The van der Waals surface area contributed by atoms with Crippen LogP contribution in [0, 0.1) is 5.82 Å². The molecule has 0 radical (unpaired) electrons. The molecule has 0 bridgehead atoms. The van der Waals surface area contributed by atoms with Crippen LogP contribution in [0.25, 0.3) is 11.5 Å². The number of carbonyl (C=O) groups excluding carboxylic acids is 1. The van der Waals surface area contributed by atoms with Gasteiger partial charge in [0.15, 0.2) is 5.76 Å². The zero-order chi connectivity index (χ0) is 17.2. The molecule has 1 fully saturated rings. The number of hydrogen-bond donors (Lipinski definition) is 0. The Morgan fingerprint density at radius 2 is 2.04 bits per heavy atom. The molecule has 0 spiro atoms. The summed E-state index contributed by atoms with van der Waals surface area (Å²) in [7, 11) is 0. The van der Waals surface area contributed by atoms with Gasteiger partial charge >= 0.3 is 0 Å². The number of likely N-dealkylation sites (tertiary alicyclic amines) is 1. The van der Waals surface area contributed by atoms with Gasteiger partial charge in [-0.2, -0.15) is 0 Å². The number of nitrogens with zero attached hydrogens (tertiary/aromatic N) is 3. The first kappa shape index (κ1) is 15.6. The van der Waals surface area contributed by atoms with E-state index in [1.165, 1.54) is 18.4 Å². The maximum Gasteiger partial charge on any atom is 0.289 e. The molecular formula is C18H16FN3O3. The van der Waals surface area contributed by atoms with Crippen molar-refractivity contribution in [3.05, 3.63) is 60.1 Å². The molecule has 6 nitrogen and oxygen atoms in total. The molecule has 1 saturated heterocycles. The van der Waals surface area contributed by atoms with E-state index in [9.17, 15) is 9.18 Å². The average Bonchev–Trinajstić information content (AvgIpc) is 3.34. The third kappa shape index (κ3) is 3.17. The molecule has 1 aromatic carbocycles. The highest BCUT2D eigenvalue weighted by atomic mass is 19.1. The van der Waals surface area contributed by atoms with Gasteiger partial charge in [0.2, 0.25) is 11.8 Å². The Hall–Kier alpha value is -2.96. The highest BCUT2D eigenvalue weighted by Gasteiger charge is 2.30. The Bertz CT molecular complexity index is 858. The van der Waals surface area contributed by atoms with Crippen LogP contribution >= 0.6 is 0 Å². The largest absolute Gasteiger partial charge is 0.459 e. The molecule has 4 rings (SSSR count). The fourth-order valence-corrected chi connectivity index (χ4v) is 3.03. The molecule has 25 heavy (non-hydrogen) atoms. The fourth-order valence-electron chi connectivity index (χ4n) is 3.03. The Labute approximate surface area is 143 Å². The maximum atomic E-state index is 13.0. The summed E-state index contributed by atoms with van der Waals surface area (Å²) in [6.07, 6.45) is 3.21. The summed E-state index contributed by atoms with van der Waals surface area (Å²) in [5.41, 5.74) is 0.666. The number of amides is 1. The molecule has 1 atom stereocenters. The first-order valence-corrected chi connectivity index (χ1v) is 8.13. The average molecular weight is 341 g/mol. The van der Waals surface area contributed by atoms with E-state index in [1.54, 1.807) is 29.2 Å². The van der Waals surface area contributed by atoms with E-state index < -0.39 is 0 Å². The van der Waals surface area contributed by atoms with Crippen molar-refractivity contribution in [1.82, 2.24) is 15.1 Å². The molecule has 0 saturated carbocycles. The highest BCUT2D eigenvalue weighted by Crippen LogP contribution is 2.29. The molecule has 1 aliphatic heterocycles. The van der Waals surface area contributed by atoms with E-state index in [1.807, 2.05) is 0 Å². The second kappa shape index (κ2) is 6.51. The summed E-state index contributed by atoms with van der Waals surface area (Å²) >= 11 is 0. The van der Waals surface area contributed by atoms with Gasteiger partial charge < -0.3 is 13.7 Å². The summed E-state index contributed by atoms with van der Waals surface area (Å²) in [6.45, 7) is 1.18. The van der Waals surface area contributed by atoms with E-state index in [0.29, 0.717) is 36.2 Å². The fraction of sp³-hybridized carbons (Fsp3) is 0.278. The van der Waals surface area contributed by atoms with Gasteiger partial charge in [-0.3, -0.25) is 4.79 Å². The monoisotopic (exact) mass is 341 g/mol. The molecule has 1 amide bonds. The lowest BCUT2D eigenvalue weighted by Crippen LogP contribution is -2.39. The van der Waals surface area contributed by atoms with Gasteiger partial charge in [-0.1, -0.05) is 0 Å². The third-order valence-corrected chi connectivity index (χ3v) is 4.32. The predicted molar refractivity (Wildman–Crippen MR) is 86.3 cm³/mol. The molecule has 0 unspecified atom stereocenters. The highest BCUT2D eigenvalue weighted by molar-refractivity contribution is 5.91. The van der Waals surface area contributed by atoms with E-state index in [2.05, 4.69) is 10.2 Å². The molecular weight excluding hydrogens is 325 g/mol. The van der Waals surface area contributed by atoms with Crippen LogP contribution in [-0.2, 0) is 0 Å². The minimum atomic E-state index is -0.317. The summed E-state index contributed by atoms with van der Waals surface area (Å²) in [6, 6.07) is 9.25. The van der Waals surface area contributed by atoms with Crippen LogP contribution in [0.1, 0.15) is 35.2 Å². The summed E-state index contributed by atoms with van der Waals surface area (Å²) in [4.78, 5) is 14.2. The van der Waals surface area contributed by atoms with Crippen LogP contribution in [0.5, 0.6) is 0 Å². The second-order valence-corrected chi connectivity index (χ2v) is 6.02. The third-order valence-electron chi connectivity index (χ3n) is 4.32. The SMILES string of the molecule is O=C(c1ccco1)N1CCC[C@@H](c2nnc(-c3ccc(F)cc3)o2)C1. The molecule has 3 heterocycles. The van der Waals surface area contributed by atoms with E-state index in [-0.39, 0.29) is 17.6 Å². The van der Waals surface area contributed by atoms with Gasteiger partial charge in [-0.15, -0.1) is 10.2 Å². The van der Waals surface area contributed by atoms with Crippen LogP contribution in [0.4, 0.5) is 4.39 Å². The van der Waals surface area contributed by atoms with E-state index >= 15 is 0 Å². The van der Waals surface area contributed by atoms with Crippen molar-refractivity contribution in [1.29, 1.82) is 0 Å². The number of piperidine rings is 1. The van der Waals surface area contributed by atoms with Gasteiger partial charge in [-0.05, 0) is 49.2 Å². The lowest BCUT2D eigenvalue weighted by Gasteiger charge is -2.30. The number of hydrogen-bond acceptors (Lipinski definition) is 5. The van der Waals surface area contributed by atoms with Crippen molar-refractivity contribution >= 4 is 5.91 Å². The molecule has 1 aliphatic rings. The molecule has 128 valence electrons. The summed E-state index contributed by atoms with van der Waals surface area (Å²) in [5, 5.41) is 8.17. The van der Waals surface area contributed by atoms with Crippen molar-refractivity contribution in [3.63, 3.8) is 0 Å². The maximum absolute atomic E-state index is 13.0. The quantitative estimate of drug-likeness (QED) is 0.729. The summed E-state index contributed by atoms with van der Waals surface area (Å²) in [5.74, 6) is 0.712. The van der Waals surface area contributed by atoms with Crippen LogP contribution in [0.2, 0.25) is 0 Å². The predicted octanol–water partition coefficient (Wildman–Crippen LogP) is 3.49. The molecule has 0 aliphatic carbocycles. The molecule has 7 heteroatoms.